The lowest BCUT2D eigenvalue weighted by Gasteiger charge is -2.19. The zero-order valence-corrected chi connectivity index (χ0v) is 11.6. The van der Waals surface area contributed by atoms with Gasteiger partial charge in [-0.05, 0) is 31.6 Å². The highest BCUT2D eigenvalue weighted by Gasteiger charge is 2.18. The van der Waals surface area contributed by atoms with Crippen LogP contribution in [0.1, 0.15) is 47.0 Å². The molecule has 1 unspecified atom stereocenters. The molecule has 0 saturated carbocycles. The maximum atomic E-state index is 11.7. The Bertz CT molecular complexity index is 280. The normalized spacial score (nSPS) is 15.1. The third-order valence-electron chi connectivity index (χ3n) is 2.30. The first-order chi connectivity index (χ1) is 7.16. The zero-order valence-electron chi connectivity index (χ0n) is 10.8. The number of hydrogen-bond donors (Lipinski definition) is 2. The molecule has 0 bridgehead atoms. The first-order valence-corrected chi connectivity index (χ1v) is 7.42. The summed E-state index contributed by atoms with van der Waals surface area (Å²) in [5.41, 5.74) is 0.0308. The van der Waals surface area contributed by atoms with E-state index in [-0.39, 0.29) is 23.8 Å². The van der Waals surface area contributed by atoms with Crippen molar-refractivity contribution in [3.8, 4) is 0 Å². The standard InChI is InChI=1S/C11H25NO3S/c1-10(6-5-8-13)12-16(14,15)9-7-11(2,3)4/h10,12-13H,5-9H2,1-4H3. The van der Waals surface area contributed by atoms with Crippen molar-refractivity contribution in [3.63, 3.8) is 0 Å². The van der Waals surface area contributed by atoms with E-state index < -0.39 is 10.0 Å². The van der Waals surface area contributed by atoms with Crippen LogP contribution in [-0.4, -0.2) is 31.9 Å². The minimum absolute atomic E-state index is 0.0308. The summed E-state index contributed by atoms with van der Waals surface area (Å²) in [5.74, 6) is 0.167. The molecule has 0 spiro atoms. The lowest BCUT2D eigenvalue weighted by Crippen LogP contribution is -2.35. The Kier molecular flexibility index (Phi) is 6.51. The highest BCUT2D eigenvalue weighted by atomic mass is 32.2. The zero-order chi connectivity index (χ0) is 12.8. The first kappa shape index (κ1) is 15.9. The Morgan fingerprint density at radius 1 is 1.31 bits per heavy atom. The number of aliphatic hydroxyl groups is 1. The van der Waals surface area contributed by atoms with Crippen molar-refractivity contribution in [3.05, 3.63) is 0 Å². The van der Waals surface area contributed by atoms with Gasteiger partial charge in [-0.1, -0.05) is 20.8 Å². The van der Waals surface area contributed by atoms with Gasteiger partial charge < -0.3 is 5.11 Å². The summed E-state index contributed by atoms with van der Waals surface area (Å²) in [6.45, 7) is 8.01. The van der Waals surface area contributed by atoms with Crippen LogP contribution in [0.4, 0.5) is 0 Å². The maximum Gasteiger partial charge on any atom is 0.211 e. The minimum Gasteiger partial charge on any atom is -0.396 e. The number of aliphatic hydroxyl groups excluding tert-OH is 1. The van der Waals surface area contributed by atoms with Crippen molar-refractivity contribution in [2.45, 2.75) is 53.0 Å². The Morgan fingerprint density at radius 2 is 1.88 bits per heavy atom. The number of sulfonamides is 1. The van der Waals surface area contributed by atoms with Gasteiger partial charge in [0.15, 0.2) is 0 Å². The highest BCUT2D eigenvalue weighted by molar-refractivity contribution is 7.89. The van der Waals surface area contributed by atoms with Crippen LogP contribution in [0.25, 0.3) is 0 Å². The molecule has 0 amide bonds. The SMILES string of the molecule is CC(CCCO)NS(=O)(=O)CCC(C)(C)C. The van der Waals surface area contributed by atoms with Crippen LogP contribution in [0.3, 0.4) is 0 Å². The van der Waals surface area contributed by atoms with Gasteiger partial charge in [0, 0.05) is 12.6 Å². The Hall–Kier alpha value is -0.130. The van der Waals surface area contributed by atoms with Gasteiger partial charge in [0.05, 0.1) is 5.75 Å². The van der Waals surface area contributed by atoms with E-state index in [0.29, 0.717) is 19.3 Å². The smallest absolute Gasteiger partial charge is 0.211 e. The minimum atomic E-state index is -3.18. The van der Waals surface area contributed by atoms with Crippen LogP contribution in [0.15, 0.2) is 0 Å². The van der Waals surface area contributed by atoms with Crippen LogP contribution in [-0.2, 0) is 10.0 Å². The highest BCUT2D eigenvalue weighted by Crippen LogP contribution is 2.19. The summed E-state index contributed by atoms with van der Waals surface area (Å²) >= 11 is 0. The fourth-order valence-electron chi connectivity index (χ4n) is 1.26. The fraction of sp³-hybridized carbons (Fsp3) is 1.00. The molecule has 0 fully saturated rings. The van der Waals surface area contributed by atoms with Crippen molar-refractivity contribution in [1.29, 1.82) is 0 Å². The van der Waals surface area contributed by atoms with E-state index in [0.717, 1.165) is 0 Å². The van der Waals surface area contributed by atoms with E-state index in [1.165, 1.54) is 0 Å². The summed E-state index contributed by atoms with van der Waals surface area (Å²) in [5, 5.41) is 8.65. The first-order valence-electron chi connectivity index (χ1n) is 5.77. The summed E-state index contributed by atoms with van der Waals surface area (Å²) in [7, 11) is -3.18. The molecule has 0 saturated heterocycles. The molecule has 0 aliphatic heterocycles. The molecule has 0 rings (SSSR count). The van der Waals surface area contributed by atoms with Gasteiger partial charge in [-0.2, -0.15) is 0 Å². The fourth-order valence-corrected chi connectivity index (χ4v) is 2.99. The molecule has 0 aliphatic carbocycles. The lowest BCUT2D eigenvalue weighted by atomic mass is 9.94. The quantitative estimate of drug-likeness (QED) is 0.720. The van der Waals surface area contributed by atoms with E-state index in [1.54, 1.807) is 0 Å². The Balaban J connectivity index is 4.05. The predicted molar refractivity (Wildman–Crippen MR) is 66.8 cm³/mol. The van der Waals surface area contributed by atoms with Gasteiger partial charge in [0.1, 0.15) is 0 Å². The van der Waals surface area contributed by atoms with Crippen LogP contribution in [0.2, 0.25) is 0 Å². The molecule has 16 heavy (non-hydrogen) atoms. The maximum absolute atomic E-state index is 11.7. The molecule has 4 nitrogen and oxygen atoms in total. The van der Waals surface area contributed by atoms with Crippen LogP contribution >= 0.6 is 0 Å². The molecule has 5 heteroatoms. The second-order valence-electron chi connectivity index (χ2n) is 5.51. The molecular weight excluding hydrogens is 226 g/mol. The average molecular weight is 251 g/mol. The molecule has 0 aliphatic rings. The van der Waals surface area contributed by atoms with Crippen molar-refractivity contribution < 1.29 is 13.5 Å². The van der Waals surface area contributed by atoms with Crippen molar-refractivity contribution in [2.24, 2.45) is 5.41 Å². The van der Waals surface area contributed by atoms with E-state index in [2.05, 4.69) is 4.72 Å². The van der Waals surface area contributed by atoms with Gasteiger partial charge in [-0.15, -0.1) is 0 Å². The lowest BCUT2D eigenvalue weighted by molar-refractivity contribution is 0.279. The molecule has 0 aromatic heterocycles. The van der Waals surface area contributed by atoms with Crippen molar-refractivity contribution >= 4 is 10.0 Å². The number of hydrogen-bond acceptors (Lipinski definition) is 3. The van der Waals surface area contributed by atoms with Gasteiger partial charge >= 0.3 is 0 Å². The van der Waals surface area contributed by atoms with E-state index in [9.17, 15) is 8.42 Å². The molecule has 0 heterocycles. The van der Waals surface area contributed by atoms with Gasteiger partial charge in [-0.25, -0.2) is 13.1 Å². The summed E-state index contributed by atoms with van der Waals surface area (Å²) in [6.07, 6.45) is 1.95. The summed E-state index contributed by atoms with van der Waals surface area (Å²) < 4.78 is 26.0. The predicted octanol–water partition coefficient (Wildman–Crippen LogP) is 1.50. The number of rotatable bonds is 7. The third-order valence-corrected chi connectivity index (χ3v) is 3.80. The second kappa shape index (κ2) is 6.57. The van der Waals surface area contributed by atoms with Crippen LogP contribution in [0, 0.1) is 5.41 Å². The Morgan fingerprint density at radius 3 is 2.31 bits per heavy atom. The number of nitrogens with one attached hydrogen (secondary N) is 1. The van der Waals surface area contributed by atoms with Gasteiger partial charge in [0.2, 0.25) is 10.0 Å². The van der Waals surface area contributed by atoms with E-state index in [4.69, 9.17) is 5.11 Å². The largest absolute Gasteiger partial charge is 0.396 e. The van der Waals surface area contributed by atoms with Crippen molar-refractivity contribution in [2.75, 3.05) is 12.4 Å². The molecule has 98 valence electrons. The van der Waals surface area contributed by atoms with Crippen LogP contribution in [0.5, 0.6) is 0 Å². The topological polar surface area (TPSA) is 66.4 Å². The second-order valence-corrected chi connectivity index (χ2v) is 7.39. The van der Waals surface area contributed by atoms with Gasteiger partial charge in [0.25, 0.3) is 0 Å². The molecular formula is C11H25NO3S. The summed E-state index contributed by atoms with van der Waals surface area (Å²) in [4.78, 5) is 0. The molecule has 2 N–H and O–H groups in total. The van der Waals surface area contributed by atoms with E-state index >= 15 is 0 Å². The van der Waals surface area contributed by atoms with Crippen LogP contribution < -0.4 is 4.72 Å². The summed E-state index contributed by atoms with van der Waals surface area (Å²) in [6, 6.07) is -0.0999. The molecule has 0 aromatic rings. The molecule has 0 radical (unpaired) electrons. The monoisotopic (exact) mass is 251 g/mol. The Labute approximate surface area is 99.5 Å². The van der Waals surface area contributed by atoms with Crippen molar-refractivity contribution in [1.82, 2.24) is 4.72 Å². The van der Waals surface area contributed by atoms with E-state index in [1.807, 2.05) is 27.7 Å². The molecule has 0 aromatic carbocycles. The van der Waals surface area contributed by atoms with Gasteiger partial charge in [-0.3, -0.25) is 0 Å². The molecule has 1 atom stereocenters. The average Bonchev–Trinajstić information content (AvgIpc) is 2.10. The third kappa shape index (κ3) is 9.12.